The molecule has 0 saturated heterocycles. The van der Waals surface area contributed by atoms with Crippen LogP contribution in [-0.2, 0) is 0 Å². The van der Waals surface area contributed by atoms with Crippen molar-refractivity contribution in [2.24, 2.45) is 11.8 Å². The van der Waals surface area contributed by atoms with Gasteiger partial charge in [-0.3, -0.25) is 0 Å². The summed E-state index contributed by atoms with van der Waals surface area (Å²) in [6.07, 6.45) is 2.89. The van der Waals surface area contributed by atoms with E-state index in [4.69, 9.17) is 0 Å². The van der Waals surface area contributed by atoms with Gasteiger partial charge in [-0.05, 0) is 45.3 Å². The number of rotatable bonds is 6. The fraction of sp³-hybridized carbons (Fsp3) is 1.00. The summed E-state index contributed by atoms with van der Waals surface area (Å²) in [6.45, 7) is 6.99. The Hall–Kier alpha value is -0.0800. The van der Waals surface area contributed by atoms with Gasteiger partial charge < -0.3 is 10.2 Å². The van der Waals surface area contributed by atoms with E-state index in [0.29, 0.717) is 6.04 Å². The van der Waals surface area contributed by atoms with Crippen LogP contribution in [0.5, 0.6) is 0 Å². The molecule has 1 atom stereocenters. The Kier molecular flexibility index (Phi) is 4.20. The number of hydrogen-bond acceptors (Lipinski definition) is 2. The summed E-state index contributed by atoms with van der Waals surface area (Å²) < 4.78 is 0. The second kappa shape index (κ2) is 4.97. The molecule has 2 nitrogen and oxygen atoms in total. The molecule has 0 amide bonds. The second-order valence-corrected chi connectivity index (χ2v) is 4.96. The SMILES string of the molecule is CC(C)C(CN(C)C)NCC1CC1. The van der Waals surface area contributed by atoms with E-state index in [1.807, 2.05) is 0 Å². The van der Waals surface area contributed by atoms with Gasteiger partial charge in [0.25, 0.3) is 0 Å². The van der Waals surface area contributed by atoms with E-state index in [0.717, 1.165) is 18.4 Å². The Morgan fingerprint density at radius 2 is 1.92 bits per heavy atom. The highest BCUT2D eigenvalue weighted by Crippen LogP contribution is 2.27. The molecule has 2 heteroatoms. The van der Waals surface area contributed by atoms with Crippen LogP contribution >= 0.6 is 0 Å². The van der Waals surface area contributed by atoms with Gasteiger partial charge in [-0.1, -0.05) is 13.8 Å². The Morgan fingerprint density at radius 3 is 2.31 bits per heavy atom. The minimum absolute atomic E-state index is 0.663. The normalized spacial score (nSPS) is 19.8. The van der Waals surface area contributed by atoms with Crippen molar-refractivity contribution in [1.29, 1.82) is 0 Å². The first kappa shape index (κ1) is 11.0. The van der Waals surface area contributed by atoms with Gasteiger partial charge in [-0.25, -0.2) is 0 Å². The van der Waals surface area contributed by atoms with Crippen molar-refractivity contribution in [3.05, 3.63) is 0 Å². The van der Waals surface area contributed by atoms with Crippen molar-refractivity contribution in [2.75, 3.05) is 27.2 Å². The van der Waals surface area contributed by atoms with Gasteiger partial charge >= 0.3 is 0 Å². The molecule has 0 spiro atoms. The lowest BCUT2D eigenvalue weighted by Crippen LogP contribution is -2.42. The van der Waals surface area contributed by atoms with Crippen LogP contribution in [0.15, 0.2) is 0 Å². The maximum absolute atomic E-state index is 3.67. The molecule has 1 fully saturated rings. The zero-order valence-electron chi connectivity index (χ0n) is 9.51. The predicted molar refractivity (Wildman–Crippen MR) is 57.9 cm³/mol. The number of nitrogens with one attached hydrogen (secondary N) is 1. The Labute approximate surface area is 82.7 Å². The maximum atomic E-state index is 3.67. The van der Waals surface area contributed by atoms with Crippen molar-refractivity contribution >= 4 is 0 Å². The van der Waals surface area contributed by atoms with Crippen LogP contribution in [0, 0.1) is 11.8 Å². The summed E-state index contributed by atoms with van der Waals surface area (Å²) in [5.41, 5.74) is 0. The van der Waals surface area contributed by atoms with E-state index < -0.39 is 0 Å². The first-order valence-electron chi connectivity index (χ1n) is 5.47. The first-order valence-corrected chi connectivity index (χ1v) is 5.47. The van der Waals surface area contributed by atoms with E-state index in [9.17, 15) is 0 Å². The third-order valence-corrected chi connectivity index (χ3v) is 2.73. The predicted octanol–water partition coefficient (Wildman–Crippen LogP) is 1.57. The molecule has 0 aromatic heterocycles. The molecule has 1 aliphatic carbocycles. The smallest absolute Gasteiger partial charge is 0.0217 e. The van der Waals surface area contributed by atoms with E-state index >= 15 is 0 Å². The van der Waals surface area contributed by atoms with Crippen molar-refractivity contribution < 1.29 is 0 Å². The van der Waals surface area contributed by atoms with Crippen LogP contribution in [0.3, 0.4) is 0 Å². The molecule has 1 N–H and O–H groups in total. The maximum Gasteiger partial charge on any atom is 0.0217 e. The molecule has 0 bridgehead atoms. The third-order valence-electron chi connectivity index (χ3n) is 2.73. The van der Waals surface area contributed by atoms with Crippen LogP contribution in [-0.4, -0.2) is 38.1 Å². The zero-order chi connectivity index (χ0) is 9.84. The average Bonchev–Trinajstić information content (AvgIpc) is 2.79. The summed E-state index contributed by atoms with van der Waals surface area (Å²) in [5.74, 6) is 1.73. The summed E-state index contributed by atoms with van der Waals surface area (Å²) in [6, 6.07) is 0.663. The molecule has 1 aliphatic rings. The molecule has 1 unspecified atom stereocenters. The van der Waals surface area contributed by atoms with E-state index in [2.05, 4.69) is 38.2 Å². The Bertz CT molecular complexity index is 139. The molecular formula is C11H24N2. The van der Waals surface area contributed by atoms with Crippen LogP contribution in [0.25, 0.3) is 0 Å². The molecule has 1 rings (SSSR count). The quantitative estimate of drug-likeness (QED) is 0.674. The molecule has 78 valence electrons. The average molecular weight is 184 g/mol. The van der Waals surface area contributed by atoms with Crippen molar-refractivity contribution in [3.8, 4) is 0 Å². The topological polar surface area (TPSA) is 15.3 Å². The number of likely N-dealkylation sites (N-methyl/N-ethyl adjacent to an activating group) is 1. The van der Waals surface area contributed by atoms with Crippen LogP contribution in [0.1, 0.15) is 26.7 Å². The molecule has 0 aliphatic heterocycles. The van der Waals surface area contributed by atoms with Crippen LogP contribution in [0.2, 0.25) is 0 Å². The van der Waals surface area contributed by atoms with E-state index in [1.165, 1.54) is 19.4 Å². The number of hydrogen-bond donors (Lipinski definition) is 1. The molecule has 1 saturated carbocycles. The molecule has 0 aromatic rings. The van der Waals surface area contributed by atoms with Crippen LogP contribution < -0.4 is 5.32 Å². The monoisotopic (exact) mass is 184 g/mol. The fourth-order valence-corrected chi connectivity index (χ4v) is 1.54. The van der Waals surface area contributed by atoms with Gasteiger partial charge in [-0.15, -0.1) is 0 Å². The van der Waals surface area contributed by atoms with Crippen molar-refractivity contribution in [2.45, 2.75) is 32.7 Å². The summed E-state index contributed by atoms with van der Waals surface area (Å²) in [4.78, 5) is 2.27. The number of nitrogens with zero attached hydrogens (tertiary/aromatic N) is 1. The standard InChI is InChI=1S/C11H24N2/c1-9(2)11(8-13(3)4)12-7-10-5-6-10/h9-12H,5-8H2,1-4H3. The van der Waals surface area contributed by atoms with Crippen LogP contribution in [0.4, 0.5) is 0 Å². The highest BCUT2D eigenvalue weighted by Gasteiger charge is 2.23. The second-order valence-electron chi connectivity index (χ2n) is 4.96. The molecule has 0 radical (unpaired) electrons. The van der Waals surface area contributed by atoms with Gasteiger partial charge in [0.15, 0.2) is 0 Å². The fourth-order valence-electron chi connectivity index (χ4n) is 1.54. The molecule has 0 aromatic carbocycles. The highest BCUT2D eigenvalue weighted by molar-refractivity contribution is 4.80. The van der Waals surface area contributed by atoms with Gasteiger partial charge in [0.2, 0.25) is 0 Å². The first-order chi connectivity index (χ1) is 6.09. The van der Waals surface area contributed by atoms with Crippen molar-refractivity contribution in [3.63, 3.8) is 0 Å². The lowest BCUT2D eigenvalue weighted by molar-refractivity contribution is 0.287. The molecular weight excluding hydrogens is 160 g/mol. The molecule has 0 heterocycles. The highest BCUT2D eigenvalue weighted by atomic mass is 15.1. The molecule has 13 heavy (non-hydrogen) atoms. The Morgan fingerprint density at radius 1 is 1.31 bits per heavy atom. The summed E-state index contributed by atoms with van der Waals surface area (Å²) in [7, 11) is 4.29. The lowest BCUT2D eigenvalue weighted by Gasteiger charge is -2.25. The van der Waals surface area contributed by atoms with Gasteiger partial charge in [0.05, 0.1) is 0 Å². The van der Waals surface area contributed by atoms with Gasteiger partial charge in [0, 0.05) is 12.6 Å². The minimum atomic E-state index is 0.663. The third kappa shape index (κ3) is 4.63. The Balaban J connectivity index is 2.19. The van der Waals surface area contributed by atoms with Gasteiger partial charge in [0.1, 0.15) is 0 Å². The van der Waals surface area contributed by atoms with E-state index in [1.54, 1.807) is 0 Å². The van der Waals surface area contributed by atoms with E-state index in [-0.39, 0.29) is 0 Å². The zero-order valence-corrected chi connectivity index (χ0v) is 9.51. The largest absolute Gasteiger partial charge is 0.312 e. The minimum Gasteiger partial charge on any atom is -0.312 e. The lowest BCUT2D eigenvalue weighted by atomic mass is 10.0. The van der Waals surface area contributed by atoms with Gasteiger partial charge in [-0.2, -0.15) is 0 Å². The summed E-state index contributed by atoms with van der Waals surface area (Å²) >= 11 is 0. The van der Waals surface area contributed by atoms with Crippen molar-refractivity contribution in [1.82, 2.24) is 10.2 Å². The summed E-state index contributed by atoms with van der Waals surface area (Å²) in [5, 5.41) is 3.67.